The standard InChI is InChI=1S/C10H17ClN2O3S/c1-6(11)5-7(2)13-17(14,15)10-8(3)12-16-9(10)4/h6-7,13H,5H2,1-4H3. The zero-order chi connectivity index (χ0) is 13.2. The molecule has 0 aliphatic rings. The van der Waals surface area contributed by atoms with Crippen LogP contribution in [0.1, 0.15) is 31.7 Å². The van der Waals surface area contributed by atoms with Gasteiger partial charge >= 0.3 is 0 Å². The van der Waals surface area contributed by atoms with Gasteiger partial charge in [-0.25, -0.2) is 13.1 Å². The summed E-state index contributed by atoms with van der Waals surface area (Å²) in [4.78, 5) is 0.117. The monoisotopic (exact) mass is 280 g/mol. The number of hydrogen-bond donors (Lipinski definition) is 1. The minimum atomic E-state index is -3.59. The lowest BCUT2D eigenvalue weighted by Gasteiger charge is -2.14. The van der Waals surface area contributed by atoms with Crippen molar-refractivity contribution in [1.82, 2.24) is 9.88 Å². The predicted octanol–water partition coefficient (Wildman–Crippen LogP) is 1.98. The highest BCUT2D eigenvalue weighted by Crippen LogP contribution is 2.19. The molecule has 0 fully saturated rings. The van der Waals surface area contributed by atoms with Crippen LogP contribution in [0.5, 0.6) is 0 Å². The summed E-state index contributed by atoms with van der Waals surface area (Å²) in [6, 6.07) is -0.235. The van der Waals surface area contributed by atoms with Crippen molar-refractivity contribution in [3.63, 3.8) is 0 Å². The van der Waals surface area contributed by atoms with Crippen LogP contribution in [-0.4, -0.2) is 25.0 Å². The number of sulfonamides is 1. The van der Waals surface area contributed by atoms with Gasteiger partial charge in [0.05, 0.1) is 0 Å². The Balaban J connectivity index is 2.90. The Labute approximate surface area is 107 Å². The van der Waals surface area contributed by atoms with Gasteiger partial charge < -0.3 is 4.52 Å². The molecule has 2 atom stereocenters. The molecule has 0 bridgehead atoms. The summed E-state index contributed by atoms with van der Waals surface area (Å²) in [6.45, 7) is 6.76. The average Bonchev–Trinajstić information content (AvgIpc) is 2.43. The zero-order valence-corrected chi connectivity index (χ0v) is 11.9. The van der Waals surface area contributed by atoms with Crippen LogP contribution in [0.2, 0.25) is 0 Å². The van der Waals surface area contributed by atoms with Crippen molar-refractivity contribution in [1.29, 1.82) is 0 Å². The molecule has 1 aromatic heterocycles. The van der Waals surface area contributed by atoms with Crippen molar-refractivity contribution in [3.05, 3.63) is 11.5 Å². The Morgan fingerprint density at radius 2 is 2.00 bits per heavy atom. The molecule has 2 unspecified atom stereocenters. The van der Waals surface area contributed by atoms with Crippen molar-refractivity contribution in [3.8, 4) is 0 Å². The third-order valence-electron chi connectivity index (χ3n) is 2.27. The van der Waals surface area contributed by atoms with E-state index in [1.165, 1.54) is 0 Å². The first-order chi connectivity index (χ1) is 7.74. The van der Waals surface area contributed by atoms with Crippen LogP contribution in [0.3, 0.4) is 0 Å². The average molecular weight is 281 g/mol. The fourth-order valence-corrected chi connectivity index (χ4v) is 3.57. The van der Waals surface area contributed by atoms with E-state index in [1.807, 2.05) is 6.92 Å². The van der Waals surface area contributed by atoms with Gasteiger partial charge in [0.1, 0.15) is 10.6 Å². The molecular formula is C10H17ClN2O3S. The molecule has 0 radical (unpaired) electrons. The highest BCUT2D eigenvalue weighted by atomic mass is 35.5. The summed E-state index contributed by atoms with van der Waals surface area (Å²) in [5, 5.41) is 3.54. The molecular weight excluding hydrogens is 264 g/mol. The van der Waals surface area contributed by atoms with Crippen LogP contribution < -0.4 is 4.72 Å². The Kier molecular flexibility index (Phi) is 4.57. The lowest BCUT2D eigenvalue weighted by molar-refractivity contribution is 0.390. The number of nitrogens with one attached hydrogen (secondary N) is 1. The SMILES string of the molecule is Cc1noc(C)c1S(=O)(=O)NC(C)CC(C)Cl. The minimum Gasteiger partial charge on any atom is -0.360 e. The number of hydrogen-bond acceptors (Lipinski definition) is 4. The predicted molar refractivity (Wildman–Crippen MR) is 65.7 cm³/mol. The molecule has 0 aliphatic carbocycles. The summed E-state index contributed by atoms with van der Waals surface area (Å²) >= 11 is 5.82. The van der Waals surface area contributed by atoms with Crippen LogP contribution in [0.4, 0.5) is 0 Å². The maximum atomic E-state index is 12.1. The second-order valence-electron chi connectivity index (χ2n) is 4.19. The van der Waals surface area contributed by atoms with Crippen molar-refractivity contribution < 1.29 is 12.9 Å². The topological polar surface area (TPSA) is 72.2 Å². The van der Waals surface area contributed by atoms with Gasteiger partial charge in [-0.05, 0) is 34.1 Å². The maximum absolute atomic E-state index is 12.1. The number of aryl methyl sites for hydroxylation is 2. The van der Waals surface area contributed by atoms with E-state index < -0.39 is 10.0 Å². The first-order valence-electron chi connectivity index (χ1n) is 5.33. The fraction of sp³-hybridized carbons (Fsp3) is 0.700. The van der Waals surface area contributed by atoms with E-state index in [4.69, 9.17) is 16.1 Å². The van der Waals surface area contributed by atoms with Crippen molar-refractivity contribution in [2.75, 3.05) is 0 Å². The van der Waals surface area contributed by atoms with Crippen molar-refractivity contribution in [2.24, 2.45) is 0 Å². The lowest BCUT2D eigenvalue weighted by atomic mass is 10.2. The third kappa shape index (κ3) is 3.69. The second-order valence-corrected chi connectivity index (χ2v) is 6.59. The van der Waals surface area contributed by atoms with Gasteiger partial charge in [-0.15, -0.1) is 11.6 Å². The van der Waals surface area contributed by atoms with E-state index in [-0.39, 0.29) is 16.3 Å². The summed E-state index contributed by atoms with van der Waals surface area (Å²) < 4.78 is 31.6. The van der Waals surface area contributed by atoms with Gasteiger partial charge in [-0.3, -0.25) is 0 Å². The lowest BCUT2D eigenvalue weighted by Crippen LogP contribution is -2.34. The molecule has 1 heterocycles. The fourth-order valence-electron chi connectivity index (χ4n) is 1.72. The van der Waals surface area contributed by atoms with Gasteiger partial charge in [0, 0.05) is 11.4 Å². The highest BCUT2D eigenvalue weighted by Gasteiger charge is 2.25. The molecule has 0 saturated heterocycles. The van der Waals surface area contributed by atoms with Crippen LogP contribution in [0, 0.1) is 13.8 Å². The number of rotatable bonds is 5. The largest absolute Gasteiger partial charge is 0.360 e. The first kappa shape index (κ1) is 14.5. The summed E-state index contributed by atoms with van der Waals surface area (Å²) in [5.41, 5.74) is 0.362. The van der Waals surface area contributed by atoms with E-state index in [2.05, 4.69) is 9.88 Å². The summed E-state index contributed by atoms with van der Waals surface area (Å²) in [7, 11) is -3.59. The highest BCUT2D eigenvalue weighted by molar-refractivity contribution is 7.89. The molecule has 1 N–H and O–H groups in total. The molecule has 0 amide bonds. The molecule has 0 aliphatic heterocycles. The van der Waals surface area contributed by atoms with Crippen molar-refractivity contribution >= 4 is 21.6 Å². The first-order valence-corrected chi connectivity index (χ1v) is 7.25. The summed E-state index contributed by atoms with van der Waals surface area (Å²) in [5.74, 6) is 0.293. The Morgan fingerprint density at radius 1 is 1.41 bits per heavy atom. The molecule has 0 spiro atoms. The Morgan fingerprint density at radius 3 is 2.41 bits per heavy atom. The molecule has 5 nitrogen and oxygen atoms in total. The van der Waals surface area contributed by atoms with E-state index in [9.17, 15) is 8.42 Å². The van der Waals surface area contributed by atoms with Crippen LogP contribution in [0.25, 0.3) is 0 Å². The van der Waals surface area contributed by atoms with Crippen LogP contribution in [-0.2, 0) is 10.0 Å². The summed E-state index contributed by atoms with van der Waals surface area (Å²) in [6.07, 6.45) is 0.560. The number of nitrogens with zero attached hydrogens (tertiary/aromatic N) is 1. The van der Waals surface area contributed by atoms with Crippen LogP contribution >= 0.6 is 11.6 Å². The number of halogens is 1. The second kappa shape index (κ2) is 5.37. The van der Waals surface area contributed by atoms with Crippen molar-refractivity contribution in [2.45, 2.75) is 50.4 Å². The molecule has 0 aromatic carbocycles. The van der Waals surface area contributed by atoms with Gasteiger partial charge in [0.15, 0.2) is 5.76 Å². The van der Waals surface area contributed by atoms with E-state index in [0.29, 0.717) is 17.9 Å². The molecule has 1 rings (SSSR count). The Hall–Kier alpha value is -0.590. The van der Waals surface area contributed by atoms with Crippen LogP contribution in [0.15, 0.2) is 9.42 Å². The van der Waals surface area contributed by atoms with Gasteiger partial charge in [-0.1, -0.05) is 5.16 Å². The third-order valence-corrected chi connectivity index (χ3v) is 4.28. The molecule has 0 saturated carbocycles. The molecule has 7 heteroatoms. The van der Waals surface area contributed by atoms with Gasteiger partial charge in [-0.2, -0.15) is 0 Å². The quantitative estimate of drug-likeness (QED) is 0.837. The minimum absolute atomic E-state index is 0.0858. The van der Waals surface area contributed by atoms with E-state index in [1.54, 1.807) is 20.8 Å². The van der Waals surface area contributed by atoms with E-state index >= 15 is 0 Å². The van der Waals surface area contributed by atoms with Gasteiger partial charge in [0.25, 0.3) is 0 Å². The van der Waals surface area contributed by atoms with E-state index in [0.717, 1.165) is 0 Å². The smallest absolute Gasteiger partial charge is 0.246 e. The zero-order valence-electron chi connectivity index (χ0n) is 10.3. The maximum Gasteiger partial charge on any atom is 0.246 e. The normalized spacial score (nSPS) is 15.8. The van der Waals surface area contributed by atoms with Gasteiger partial charge in [0.2, 0.25) is 10.0 Å². The number of aromatic nitrogens is 1. The Bertz CT molecular complexity index is 462. The number of alkyl halides is 1. The molecule has 1 aromatic rings. The molecule has 98 valence electrons. The molecule has 17 heavy (non-hydrogen) atoms.